The van der Waals surface area contributed by atoms with Gasteiger partial charge in [0.1, 0.15) is 18.2 Å². The molecule has 0 aliphatic carbocycles. The van der Waals surface area contributed by atoms with Crippen LogP contribution in [-0.2, 0) is 0 Å². The molecule has 0 unspecified atom stereocenters. The Morgan fingerprint density at radius 2 is 2.00 bits per heavy atom. The summed E-state index contributed by atoms with van der Waals surface area (Å²) in [6.07, 6.45) is 5.08. The van der Waals surface area contributed by atoms with E-state index in [1.165, 1.54) is 10.3 Å². The van der Waals surface area contributed by atoms with Gasteiger partial charge in [0.2, 0.25) is 0 Å². The average Bonchev–Trinajstić information content (AvgIpc) is 2.99. The van der Waals surface area contributed by atoms with Gasteiger partial charge < -0.3 is 4.90 Å². The van der Waals surface area contributed by atoms with E-state index < -0.39 is 0 Å². The molecule has 0 N–H and O–H groups in total. The van der Waals surface area contributed by atoms with Crippen molar-refractivity contribution >= 4 is 27.4 Å². The average molecular weight is 272 g/mol. The highest BCUT2D eigenvalue weighted by atomic mass is 32.1. The fourth-order valence-electron chi connectivity index (χ4n) is 2.37. The summed E-state index contributed by atoms with van der Waals surface area (Å²) in [5, 5.41) is 10.5. The molecule has 0 atom stereocenters. The van der Waals surface area contributed by atoms with Crippen LogP contribution in [0, 0.1) is 6.92 Å². The highest BCUT2D eigenvalue weighted by molar-refractivity contribution is 7.18. The summed E-state index contributed by atoms with van der Waals surface area (Å²) in [7, 11) is 0. The Hall–Kier alpha value is -2.02. The number of fused-ring (bicyclic) bond motifs is 1. The number of hydrogen-bond donors (Lipinski definition) is 0. The van der Waals surface area contributed by atoms with Crippen molar-refractivity contribution in [3.63, 3.8) is 0 Å². The Morgan fingerprint density at radius 3 is 2.79 bits per heavy atom. The minimum atomic E-state index is 0.348. The van der Waals surface area contributed by atoms with E-state index in [1.807, 2.05) is 0 Å². The van der Waals surface area contributed by atoms with Gasteiger partial charge in [-0.3, -0.25) is 0 Å². The summed E-state index contributed by atoms with van der Waals surface area (Å²) in [6.45, 7) is 3.89. The van der Waals surface area contributed by atoms with Gasteiger partial charge in [0.25, 0.3) is 0 Å². The minimum absolute atomic E-state index is 0.348. The van der Waals surface area contributed by atoms with Crippen LogP contribution in [0.1, 0.15) is 11.6 Å². The Balaban J connectivity index is 1.63. The number of aryl methyl sites for hydroxylation is 1. The predicted octanol–water partition coefficient (Wildman–Crippen LogP) is 1.65. The fraction of sp³-hybridized carbons (Fsp3) is 0.333. The van der Waals surface area contributed by atoms with Gasteiger partial charge in [0.15, 0.2) is 0 Å². The molecule has 0 spiro atoms. The molecule has 3 aromatic rings. The van der Waals surface area contributed by atoms with Crippen LogP contribution in [0.5, 0.6) is 0 Å². The third-order valence-corrected chi connectivity index (χ3v) is 4.52. The first kappa shape index (κ1) is 10.9. The van der Waals surface area contributed by atoms with Crippen molar-refractivity contribution in [1.82, 2.24) is 25.0 Å². The second kappa shape index (κ2) is 3.99. The van der Waals surface area contributed by atoms with Gasteiger partial charge in [-0.15, -0.1) is 11.3 Å². The molecule has 4 heterocycles. The molecule has 0 saturated carbocycles. The Labute approximate surface area is 113 Å². The highest BCUT2D eigenvalue weighted by Gasteiger charge is 2.31. The van der Waals surface area contributed by atoms with Gasteiger partial charge in [0.05, 0.1) is 22.6 Å². The van der Waals surface area contributed by atoms with Crippen LogP contribution in [0.4, 0.5) is 5.82 Å². The van der Waals surface area contributed by atoms with Crippen molar-refractivity contribution in [1.29, 1.82) is 0 Å². The third-order valence-electron chi connectivity index (χ3n) is 3.44. The van der Waals surface area contributed by atoms with Crippen LogP contribution >= 0.6 is 11.3 Å². The van der Waals surface area contributed by atoms with E-state index in [0.717, 1.165) is 24.4 Å². The van der Waals surface area contributed by atoms with Gasteiger partial charge in [-0.2, -0.15) is 15.0 Å². The molecular weight excluding hydrogens is 260 g/mol. The maximum atomic E-state index is 4.43. The topological polar surface area (TPSA) is 59.7 Å². The van der Waals surface area contributed by atoms with E-state index in [-0.39, 0.29) is 0 Å². The molecule has 7 heteroatoms. The predicted molar refractivity (Wildman–Crippen MR) is 73.4 cm³/mol. The number of aromatic nitrogens is 5. The highest BCUT2D eigenvalue weighted by Crippen LogP contribution is 2.34. The van der Waals surface area contributed by atoms with Crippen LogP contribution < -0.4 is 4.90 Å². The third kappa shape index (κ3) is 1.61. The molecule has 4 rings (SSSR count). The zero-order valence-corrected chi connectivity index (χ0v) is 11.2. The fourth-order valence-corrected chi connectivity index (χ4v) is 3.39. The van der Waals surface area contributed by atoms with Crippen LogP contribution in [0.3, 0.4) is 0 Å². The zero-order chi connectivity index (χ0) is 12.8. The summed E-state index contributed by atoms with van der Waals surface area (Å²) in [5.74, 6) is 1.03. The maximum Gasteiger partial charge on any atom is 0.150 e. The SMILES string of the molecule is Cc1csc2c(N3CC(n4nccn4)C3)ncnc12. The molecule has 1 saturated heterocycles. The Kier molecular flexibility index (Phi) is 2.28. The van der Waals surface area contributed by atoms with Gasteiger partial charge in [-0.1, -0.05) is 0 Å². The first-order valence-corrected chi connectivity index (χ1v) is 7.00. The van der Waals surface area contributed by atoms with E-state index >= 15 is 0 Å². The van der Waals surface area contributed by atoms with E-state index in [1.54, 1.807) is 34.9 Å². The van der Waals surface area contributed by atoms with Crippen LogP contribution in [-0.4, -0.2) is 38.1 Å². The number of thiophene rings is 1. The van der Waals surface area contributed by atoms with Crippen molar-refractivity contribution < 1.29 is 0 Å². The number of hydrogen-bond acceptors (Lipinski definition) is 6. The molecule has 96 valence electrons. The smallest absolute Gasteiger partial charge is 0.150 e. The van der Waals surface area contributed by atoms with E-state index in [9.17, 15) is 0 Å². The van der Waals surface area contributed by atoms with Crippen LogP contribution in [0.2, 0.25) is 0 Å². The van der Waals surface area contributed by atoms with E-state index in [0.29, 0.717) is 6.04 Å². The van der Waals surface area contributed by atoms with Crippen LogP contribution in [0.25, 0.3) is 10.2 Å². The van der Waals surface area contributed by atoms with Gasteiger partial charge >= 0.3 is 0 Å². The number of anilines is 1. The van der Waals surface area contributed by atoms with Crippen molar-refractivity contribution in [3.8, 4) is 0 Å². The molecule has 6 nitrogen and oxygen atoms in total. The summed E-state index contributed by atoms with van der Waals surface area (Å²) >= 11 is 1.71. The number of rotatable bonds is 2. The Bertz CT molecular complexity index is 713. The monoisotopic (exact) mass is 272 g/mol. The standard InChI is InChI=1S/C12H12N6S/c1-8-6-19-11-10(8)13-7-14-12(11)17-4-9(5-17)18-15-2-3-16-18/h2-3,6-7,9H,4-5H2,1H3. The normalized spacial score (nSPS) is 15.9. The largest absolute Gasteiger partial charge is 0.351 e. The lowest BCUT2D eigenvalue weighted by Crippen LogP contribution is -2.49. The van der Waals surface area contributed by atoms with Crippen molar-refractivity contribution in [3.05, 3.63) is 29.7 Å². The first-order valence-electron chi connectivity index (χ1n) is 6.12. The lowest BCUT2D eigenvalue weighted by Gasteiger charge is -2.39. The lowest BCUT2D eigenvalue weighted by atomic mass is 10.1. The molecular formula is C12H12N6S. The molecule has 0 radical (unpaired) electrons. The van der Waals surface area contributed by atoms with Crippen molar-refractivity contribution in [2.24, 2.45) is 0 Å². The molecule has 1 aliphatic rings. The van der Waals surface area contributed by atoms with Crippen molar-refractivity contribution in [2.75, 3.05) is 18.0 Å². The summed E-state index contributed by atoms with van der Waals surface area (Å²) in [6, 6.07) is 0.348. The minimum Gasteiger partial charge on any atom is -0.351 e. The summed E-state index contributed by atoms with van der Waals surface area (Å²) < 4.78 is 1.17. The van der Waals surface area contributed by atoms with Crippen LogP contribution in [0.15, 0.2) is 24.1 Å². The molecule has 0 amide bonds. The molecule has 0 aromatic carbocycles. The van der Waals surface area contributed by atoms with Gasteiger partial charge in [-0.25, -0.2) is 9.97 Å². The second-order valence-corrected chi connectivity index (χ2v) is 5.58. The summed E-state index contributed by atoms with van der Waals surface area (Å²) in [5.41, 5.74) is 2.28. The second-order valence-electron chi connectivity index (χ2n) is 4.70. The van der Waals surface area contributed by atoms with Gasteiger partial charge in [0, 0.05) is 13.1 Å². The Morgan fingerprint density at radius 1 is 1.21 bits per heavy atom. The van der Waals surface area contributed by atoms with E-state index in [4.69, 9.17) is 0 Å². The molecule has 19 heavy (non-hydrogen) atoms. The quantitative estimate of drug-likeness (QED) is 0.710. The molecule has 3 aromatic heterocycles. The number of nitrogens with zero attached hydrogens (tertiary/aromatic N) is 6. The van der Waals surface area contributed by atoms with Gasteiger partial charge in [-0.05, 0) is 17.9 Å². The maximum absolute atomic E-state index is 4.43. The molecule has 1 aliphatic heterocycles. The van der Waals surface area contributed by atoms with Crippen molar-refractivity contribution in [2.45, 2.75) is 13.0 Å². The summed E-state index contributed by atoms with van der Waals surface area (Å²) in [4.78, 5) is 12.8. The lowest BCUT2D eigenvalue weighted by molar-refractivity contribution is 0.331. The zero-order valence-electron chi connectivity index (χ0n) is 10.4. The van der Waals surface area contributed by atoms with E-state index in [2.05, 4.69) is 37.4 Å². The molecule has 0 bridgehead atoms. The molecule has 1 fully saturated rings. The first-order chi connectivity index (χ1) is 9.33.